The Balaban J connectivity index is 1.45. The first kappa shape index (κ1) is 28.3. The number of sulfone groups is 2. The average molecular weight is 606 g/mol. The molecule has 3 aromatic heterocycles. The molecule has 0 aliphatic carbocycles. The summed E-state index contributed by atoms with van der Waals surface area (Å²) in [5, 5.41) is -0.268. The largest absolute Gasteiger partial charge is 0.309 e. The Labute approximate surface area is 250 Å². The van der Waals surface area contributed by atoms with Crippen LogP contribution in [0.3, 0.4) is 0 Å². The van der Waals surface area contributed by atoms with Crippen molar-refractivity contribution in [3.8, 4) is 5.69 Å². The average Bonchev–Trinajstić information content (AvgIpc) is 3.36. The normalized spacial score (nSPS) is 13.5. The molecule has 43 heavy (non-hydrogen) atoms. The number of aromatic nitrogens is 3. The summed E-state index contributed by atoms with van der Waals surface area (Å²) in [7, 11) is -7.60. The number of hydrogen-bond donors (Lipinski definition) is 0. The number of fused-ring (bicyclic) bond motifs is 3. The zero-order valence-electron chi connectivity index (χ0n) is 23.0. The second-order valence-electron chi connectivity index (χ2n) is 10.0. The molecule has 2 atom stereocenters. The van der Waals surface area contributed by atoms with Crippen LogP contribution in [-0.2, 0) is 19.7 Å². The van der Waals surface area contributed by atoms with Crippen LogP contribution in [0.15, 0.2) is 151 Å². The molecule has 0 N–H and O–H groups in total. The predicted molar refractivity (Wildman–Crippen MR) is 170 cm³/mol. The van der Waals surface area contributed by atoms with Crippen LogP contribution in [0.2, 0.25) is 0 Å². The summed E-state index contributed by atoms with van der Waals surface area (Å²) in [6.07, 6.45) is 9.07. The third-order valence-corrected chi connectivity index (χ3v) is 11.6. The van der Waals surface area contributed by atoms with Gasteiger partial charge in [0.1, 0.15) is 10.5 Å². The zero-order chi connectivity index (χ0) is 30.2. The van der Waals surface area contributed by atoms with Gasteiger partial charge >= 0.3 is 0 Å². The second kappa shape index (κ2) is 11.1. The molecule has 0 amide bonds. The topological polar surface area (TPSA) is 99.0 Å². The Bertz CT molecular complexity index is 2190. The van der Waals surface area contributed by atoms with Gasteiger partial charge in [0, 0.05) is 41.2 Å². The fourth-order valence-electron chi connectivity index (χ4n) is 5.46. The number of para-hydroxylation sites is 1. The molecule has 0 spiro atoms. The lowest BCUT2D eigenvalue weighted by atomic mass is 10.1. The maximum absolute atomic E-state index is 13.8. The third kappa shape index (κ3) is 4.86. The van der Waals surface area contributed by atoms with E-state index < -0.39 is 30.2 Å². The van der Waals surface area contributed by atoms with Crippen molar-refractivity contribution >= 4 is 41.5 Å². The molecule has 0 bridgehead atoms. The molecular weight excluding hydrogens is 579 g/mol. The Kier molecular flexibility index (Phi) is 7.29. The minimum atomic E-state index is -3.82. The van der Waals surface area contributed by atoms with Crippen molar-refractivity contribution in [1.29, 1.82) is 0 Å². The van der Waals surface area contributed by atoms with E-state index in [1.165, 1.54) is 24.5 Å². The fraction of sp³-hybridized carbons (Fsp3) is 0.0588. The quantitative estimate of drug-likeness (QED) is 0.165. The van der Waals surface area contributed by atoms with Crippen molar-refractivity contribution in [1.82, 2.24) is 14.5 Å². The minimum absolute atomic E-state index is 0.157. The fourth-order valence-corrected chi connectivity index (χ4v) is 8.60. The van der Waals surface area contributed by atoms with E-state index in [9.17, 15) is 16.8 Å². The Morgan fingerprint density at radius 3 is 1.70 bits per heavy atom. The molecule has 6 aromatic rings. The first-order valence-electron chi connectivity index (χ1n) is 13.4. The van der Waals surface area contributed by atoms with Gasteiger partial charge in [-0.25, -0.2) is 16.8 Å². The van der Waals surface area contributed by atoms with Gasteiger partial charge in [-0.05, 0) is 71.8 Å². The van der Waals surface area contributed by atoms with E-state index in [1.807, 2.05) is 28.8 Å². The molecule has 214 valence electrons. The van der Waals surface area contributed by atoms with Crippen LogP contribution < -0.4 is 0 Å². The van der Waals surface area contributed by atoms with Crippen molar-refractivity contribution in [2.75, 3.05) is 0 Å². The van der Waals surface area contributed by atoms with Crippen LogP contribution in [0.1, 0.15) is 21.6 Å². The Morgan fingerprint density at radius 1 is 0.605 bits per heavy atom. The molecule has 3 heterocycles. The van der Waals surface area contributed by atoms with Gasteiger partial charge in [0.2, 0.25) is 0 Å². The first-order valence-corrected chi connectivity index (χ1v) is 16.5. The van der Waals surface area contributed by atoms with E-state index in [-0.39, 0.29) is 9.79 Å². The summed E-state index contributed by atoms with van der Waals surface area (Å²) in [4.78, 5) is 8.46. The first-order chi connectivity index (χ1) is 20.8. The van der Waals surface area contributed by atoms with Gasteiger partial charge in [0.25, 0.3) is 0 Å². The second-order valence-corrected chi connectivity index (χ2v) is 14.1. The highest BCUT2D eigenvalue weighted by atomic mass is 32.2. The highest BCUT2D eigenvalue weighted by Crippen LogP contribution is 2.37. The summed E-state index contributed by atoms with van der Waals surface area (Å²) in [6, 6.07) is 26.3. The van der Waals surface area contributed by atoms with E-state index in [4.69, 9.17) is 0 Å². The number of rotatable bonds is 9. The van der Waals surface area contributed by atoms with E-state index in [2.05, 4.69) is 23.1 Å². The molecule has 6 rings (SSSR count). The van der Waals surface area contributed by atoms with Gasteiger partial charge in [-0.3, -0.25) is 9.97 Å². The molecule has 0 aliphatic heterocycles. The van der Waals surface area contributed by atoms with Crippen molar-refractivity contribution < 1.29 is 16.8 Å². The molecule has 0 saturated carbocycles. The van der Waals surface area contributed by atoms with Gasteiger partial charge in [-0.2, -0.15) is 0 Å². The monoisotopic (exact) mass is 605 g/mol. The van der Waals surface area contributed by atoms with Gasteiger partial charge in [-0.15, -0.1) is 13.2 Å². The third-order valence-electron chi connectivity index (χ3n) is 7.52. The van der Waals surface area contributed by atoms with E-state index in [0.717, 1.165) is 27.5 Å². The van der Waals surface area contributed by atoms with Crippen LogP contribution >= 0.6 is 0 Å². The lowest BCUT2D eigenvalue weighted by molar-refractivity contribution is 0.588. The van der Waals surface area contributed by atoms with E-state index >= 15 is 0 Å². The van der Waals surface area contributed by atoms with Gasteiger partial charge in [-0.1, -0.05) is 42.5 Å². The molecule has 0 fully saturated rings. The van der Waals surface area contributed by atoms with Gasteiger partial charge in [0.15, 0.2) is 19.7 Å². The maximum atomic E-state index is 13.8. The molecule has 7 nitrogen and oxygen atoms in total. The summed E-state index contributed by atoms with van der Waals surface area (Å²) in [5.74, 6) is 0. The molecule has 0 radical (unpaired) electrons. The van der Waals surface area contributed by atoms with Crippen molar-refractivity contribution in [2.24, 2.45) is 0 Å². The predicted octanol–water partition coefficient (Wildman–Crippen LogP) is 6.98. The summed E-state index contributed by atoms with van der Waals surface area (Å²) < 4.78 is 56.6. The highest BCUT2D eigenvalue weighted by Gasteiger charge is 2.29. The summed E-state index contributed by atoms with van der Waals surface area (Å²) in [5.41, 5.74) is 3.45. The number of hydrogen-bond acceptors (Lipinski definition) is 6. The molecule has 3 aromatic carbocycles. The van der Waals surface area contributed by atoms with Crippen molar-refractivity contribution in [3.05, 3.63) is 152 Å². The summed E-state index contributed by atoms with van der Waals surface area (Å²) >= 11 is 0. The van der Waals surface area contributed by atoms with Crippen LogP contribution in [0.4, 0.5) is 0 Å². The van der Waals surface area contributed by atoms with Crippen LogP contribution in [-0.4, -0.2) is 31.4 Å². The summed E-state index contributed by atoms with van der Waals surface area (Å²) in [6.45, 7) is 7.53. The van der Waals surface area contributed by atoms with Crippen LogP contribution in [0, 0.1) is 0 Å². The van der Waals surface area contributed by atoms with E-state index in [0.29, 0.717) is 11.1 Å². The smallest absolute Gasteiger partial charge is 0.189 e. The Morgan fingerprint density at radius 2 is 1.14 bits per heavy atom. The molecule has 0 aliphatic rings. The molecular formula is C34H27N3O4S2. The van der Waals surface area contributed by atoms with E-state index in [1.54, 1.807) is 79.1 Å². The molecule has 9 heteroatoms. The Hall–Kier alpha value is -4.86. The maximum Gasteiger partial charge on any atom is 0.189 e. The number of benzene rings is 3. The zero-order valence-corrected chi connectivity index (χ0v) is 24.6. The van der Waals surface area contributed by atoms with Crippen molar-refractivity contribution in [3.63, 3.8) is 0 Å². The standard InChI is InChI=1S/C34H27N3O4S2/c1-3-33(24-9-7-19-35-22-24)42(38,39)27-15-13-26(14-16-27)37-31-12-6-5-11-29(31)30-21-28(17-18-32(30)37)43(40,41)34(4-2)25-10-8-20-36-23-25/h3-23,33-34H,1-2H2. The minimum Gasteiger partial charge on any atom is -0.309 e. The highest BCUT2D eigenvalue weighted by molar-refractivity contribution is 7.92. The number of pyridine rings is 2. The number of nitrogens with zero attached hydrogens (tertiary/aromatic N) is 3. The molecule has 0 saturated heterocycles. The van der Waals surface area contributed by atoms with Gasteiger partial charge in [0.05, 0.1) is 20.8 Å². The van der Waals surface area contributed by atoms with Crippen molar-refractivity contribution in [2.45, 2.75) is 20.3 Å². The molecule has 2 unspecified atom stereocenters. The lowest BCUT2D eigenvalue weighted by Crippen LogP contribution is -2.12. The van der Waals surface area contributed by atoms with Crippen LogP contribution in [0.5, 0.6) is 0 Å². The SMILES string of the molecule is C=CC(c1cccnc1)S(=O)(=O)c1ccc(-n2c3ccccc3c3cc(S(=O)(=O)C(C=C)c4cccnc4)ccc32)cc1. The van der Waals surface area contributed by atoms with Gasteiger partial charge < -0.3 is 4.57 Å². The van der Waals surface area contributed by atoms with Crippen LogP contribution in [0.25, 0.3) is 27.5 Å². The lowest BCUT2D eigenvalue weighted by Gasteiger charge is -2.15.